The van der Waals surface area contributed by atoms with Crippen LogP contribution in [0.3, 0.4) is 0 Å². The molecule has 0 aliphatic rings. The summed E-state index contributed by atoms with van der Waals surface area (Å²) in [6.45, 7) is 18.5. The van der Waals surface area contributed by atoms with E-state index >= 15 is 0 Å². The van der Waals surface area contributed by atoms with E-state index < -0.39 is 0 Å². The Morgan fingerprint density at radius 2 is 0.939 bits per heavy atom. The van der Waals surface area contributed by atoms with Gasteiger partial charge in [0.1, 0.15) is 11.5 Å². The Bertz CT molecular complexity index is 634. The Balaban J connectivity index is -0.000000500. The normalized spacial score (nSPS) is 11.3. The van der Waals surface area contributed by atoms with E-state index in [1.165, 1.54) is 0 Å². The maximum Gasteiger partial charge on any atom is 2.00 e. The van der Waals surface area contributed by atoms with Crippen molar-refractivity contribution >= 4 is 15.8 Å². The van der Waals surface area contributed by atoms with Crippen molar-refractivity contribution in [3.05, 3.63) is 72.1 Å². The molecule has 0 bridgehead atoms. The zero-order valence-electron chi connectivity index (χ0n) is 21.3. The molecule has 2 rings (SSSR count). The van der Waals surface area contributed by atoms with Crippen LogP contribution in [0.5, 0.6) is 0 Å². The Morgan fingerprint density at radius 1 is 0.636 bits per heavy atom. The Morgan fingerprint density at radius 3 is 1.15 bits per heavy atom. The van der Waals surface area contributed by atoms with Crippen molar-refractivity contribution in [2.24, 2.45) is 0 Å². The van der Waals surface area contributed by atoms with Crippen molar-refractivity contribution < 1.29 is 54.1 Å². The Labute approximate surface area is 231 Å². The molecule has 2 aromatic rings. The van der Waals surface area contributed by atoms with Crippen LogP contribution >= 0.6 is 15.8 Å². The minimum absolute atomic E-state index is 0. The second-order valence-corrected chi connectivity index (χ2v) is 15.1. The predicted octanol–water partition coefficient (Wildman–Crippen LogP) is 3.27. The van der Waals surface area contributed by atoms with Crippen molar-refractivity contribution in [3.8, 4) is 0 Å². The molecule has 33 heavy (non-hydrogen) atoms. The van der Waals surface area contributed by atoms with Crippen LogP contribution in [0, 0.1) is 0 Å². The van der Waals surface area contributed by atoms with Gasteiger partial charge in [-0.1, -0.05) is 95.0 Å². The summed E-state index contributed by atoms with van der Waals surface area (Å²) < 4.78 is 10.6. The van der Waals surface area contributed by atoms with Gasteiger partial charge in [-0.15, -0.1) is 0 Å². The van der Waals surface area contributed by atoms with Gasteiger partial charge in [0.15, 0.2) is 0 Å². The molecule has 0 fully saturated rings. The van der Waals surface area contributed by atoms with Crippen molar-refractivity contribution in [2.45, 2.75) is 90.9 Å². The molecule has 2 nitrogen and oxygen atoms in total. The molecular formula is C26H42Cl2O2P2Pd. The first-order valence-electron chi connectivity index (χ1n) is 11.1. The molecule has 192 valence electrons. The second kappa shape index (κ2) is 21.4. The summed E-state index contributed by atoms with van der Waals surface area (Å²) in [5.41, 5.74) is 3.08. The first kappa shape index (κ1) is 37.7. The number of hydrogen-bond acceptors (Lipinski definition) is 2. The van der Waals surface area contributed by atoms with Crippen LogP contribution in [0.1, 0.15) is 66.9 Å². The van der Waals surface area contributed by atoms with Gasteiger partial charge in [-0.3, -0.25) is 0 Å². The fourth-order valence-corrected chi connectivity index (χ4v) is 7.78. The van der Waals surface area contributed by atoms with Crippen molar-refractivity contribution in [1.82, 2.24) is 0 Å². The molecule has 0 saturated carbocycles. The number of halogens is 2. The van der Waals surface area contributed by atoms with Crippen molar-refractivity contribution in [1.29, 1.82) is 0 Å². The van der Waals surface area contributed by atoms with Gasteiger partial charge in [0.2, 0.25) is 0 Å². The molecule has 0 aliphatic heterocycles. The Hall–Kier alpha value is 0.142. The molecule has 0 amide bonds. The van der Waals surface area contributed by atoms with Gasteiger partial charge < -0.3 is 33.6 Å². The van der Waals surface area contributed by atoms with Gasteiger partial charge in [0.05, 0.1) is 12.5 Å². The SMILES string of the molecule is CC(C)P(C=CCc1ccco1)C(C)C.CC(C)P(C=CCc1ccco1)C(C)C.[Cl-].[Cl-].[Pd+2]. The summed E-state index contributed by atoms with van der Waals surface area (Å²) in [7, 11) is 0.0347. The van der Waals surface area contributed by atoms with Gasteiger partial charge >= 0.3 is 20.4 Å². The average molecular weight is 626 g/mol. The van der Waals surface area contributed by atoms with Crippen molar-refractivity contribution in [2.75, 3.05) is 0 Å². The molecule has 0 radical (unpaired) electrons. The third-order valence-electron chi connectivity index (χ3n) is 4.74. The summed E-state index contributed by atoms with van der Waals surface area (Å²) in [5.74, 6) is 6.89. The van der Waals surface area contributed by atoms with Gasteiger partial charge in [0.25, 0.3) is 0 Å². The summed E-state index contributed by atoms with van der Waals surface area (Å²) in [6, 6.07) is 7.93. The molecule has 2 aromatic heterocycles. The first-order chi connectivity index (χ1) is 14.2. The third kappa shape index (κ3) is 16.4. The van der Waals surface area contributed by atoms with Crippen LogP contribution in [0.2, 0.25) is 0 Å². The molecule has 0 N–H and O–H groups in total. The second-order valence-electron chi connectivity index (χ2n) is 8.61. The number of allylic oxidation sites excluding steroid dienone is 2. The average Bonchev–Trinajstić information content (AvgIpc) is 3.35. The molecular weight excluding hydrogens is 584 g/mol. The quantitative estimate of drug-likeness (QED) is 0.300. The summed E-state index contributed by atoms with van der Waals surface area (Å²) >= 11 is 0. The zero-order valence-corrected chi connectivity index (χ0v) is 26.1. The van der Waals surface area contributed by atoms with E-state index in [1.807, 2.05) is 24.3 Å². The maximum atomic E-state index is 5.29. The maximum absolute atomic E-state index is 5.29. The van der Waals surface area contributed by atoms with E-state index in [2.05, 4.69) is 79.2 Å². The molecule has 7 heteroatoms. The van der Waals surface area contributed by atoms with Gasteiger partial charge in [-0.2, -0.15) is 0 Å². The monoisotopic (exact) mass is 624 g/mol. The number of furan rings is 2. The van der Waals surface area contributed by atoms with Gasteiger partial charge in [-0.25, -0.2) is 0 Å². The molecule has 0 atom stereocenters. The van der Waals surface area contributed by atoms with Crippen LogP contribution in [-0.4, -0.2) is 22.6 Å². The van der Waals surface area contributed by atoms with E-state index in [0.29, 0.717) is 0 Å². The molecule has 0 saturated heterocycles. The van der Waals surface area contributed by atoms with Crippen molar-refractivity contribution in [3.63, 3.8) is 0 Å². The topological polar surface area (TPSA) is 26.3 Å². The minimum atomic E-state index is 0. The van der Waals surface area contributed by atoms with E-state index in [9.17, 15) is 0 Å². The summed E-state index contributed by atoms with van der Waals surface area (Å²) in [5, 5.41) is 0. The summed E-state index contributed by atoms with van der Waals surface area (Å²) in [6.07, 6.45) is 9.82. The van der Waals surface area contributed by atoms with E-state index in [-0.39, 0.29) is 61.1 Å². The predicted molar refractivity (Wildman–Crippen MR) is 137 cm³/mol. The smallest absolute Gasteiger partial charge is 1.00 e. The number of hydrogen-bond donors (Lipinski definition) is 0. The first-order valence-corrected chi connectivity index (χ1v) is 14.2. The minimum Gasteiger partial charge on any atom is -1.00 e. The van der Waals surface area contributed by atoms with Crippen LogP contribution in [-0.2, 0) is 33.3 Å². The molecule has 0 unspecified atom stereocenters. The van der Waals surface area contributed by atoms with Crippen LogP contribution < -0.4 is 24.8 Å². The third-order valence-corrected chi connectivity index (χ3v) is 10.6. The number of rotatable bonds is 10. The van der Waals surface area contributed by atoms with E-state index in [0.717, 1.165) is 47.0 Å². The van der Waals surface area contributed by atoms with Crippen LogP contribution in [0.15, 0.2) is 69.4 Å². The molecule has 0 spiro atoms. The molecule has 0 aromatic carbocycles. The largest absolute Gasteiger partial charge is 2.00 e. The van der Waals surface area contributed by atoms with Gasteiger partial charge in [-0.05, 0) is 46.9 Å². The standard InChI is InChI=1S/2C13H21OP.2ClH.Pd/c2*1-11(2)15(12(3)4)10-6-8-13-7-5-9-14-13;;;/h2*5-7,9-12H,8H2,1-4H3;2*1H;/q;;;;+2/p-2. The van der Waals surface area contributed by atoms with E-state index in [4.69, 9.17) is 8.83 Å². The molecule has 2 heterocycles. The Kier molecular flexibility index (Phi) is 24.5. The van der Waals surface area contributed by atoms with Crippen LogP contribution in [0.4, 0.5) is 0 Å². The van der Waals surface area contributed by atoms with E-state index in [1.54, 1.807) is 12.5 Å². The summed E-state index contributed by atoms with van der Waals surface area (Å²) in [4.78, 5) is 0. The molecule has 0 aliphatic carbocycles. The fourth-order valence-electron chi connectivity index (χ4n) is 3.32. The zero-order chi connectivity index (χ0) is 22.5. The fraction of sp³-hybridized carbons (Fsp3) is 0.538. The van der Waals surface area contributed by atoms with Gasteiger partial charge in [0, 0.05) is 12.8 Å². The van der Waals surface area contributed by atoms with Crippen LogP contribution in [0.25, 0.3) is 0 Å².